The fourth-order valence-electron chi connectivity index (χ4n) is 4.20. The van der Waals surface area contributed by atoms with Gasteiger partial charge in [0.15, 0.2) is 0 Å². The second kappa shape index (κ2) is 9.43. The van der Waals surface area contributed by atoms with Gasteiger partial charge in [0.05, 0.1) is 12.5 Å². The molecule has 0 radical (unpaired) electrons. The molecule has 2 saturated heterocycles. The van der Waals surface area contributed by atoms with Crippen molar-refractivity contribution in [3.05, 3.63) is 59.5 Å². The van der Waals surface area contributed by atoms with Crippen LogP contribution in [-0.4, -0.2) is 71.9 Å². The number of nitrogens with zero attached hydrogens (tertiary/aromatic N) is 4. The molecule has 3 heterocycles. The highest BCUT2D eigenvalue weighted by Gasteiger charge is 2.34. The van der Waals surface area contributed by atoms with Gasteiger partial charge in [0.1, 0.15) is 11.6 Å². The van der Waals surface area contributed by atoms with Crippen molar-refractivity contribution < 1.29 is 14.0 Å². The van der Waals surface area contributed by atoms with Crippen LogP contribution in [0.5, 0.6) is 0 Å². The van der Waals surface area contributed by atoms with Crippen LogP contribution in [0.4, 0.5) is 10.2 Å². The molecule has 1 aromatic carbocycles. The van der Waals surface area contributed by atoms with Crippen LogP contribution in [-0.2, 0) is 16.1 Å². The Bertz CT molecular complexity index is 945. The van der Waals surface area contributed by atoms with Gasteiger partial charge in [-0.15, -0.1) is 0 Å². The lowest BCUT2D eigenvalue weighted by Gasteiger charge is -2.38. The van der Waals surface area contributed by atoms with E-state index in [0.29, 0.717) is 51.4 Å². The molecule has 2 amide bonds. The van der Waals surface area contributed by atoms with Crippen molar-refractivity contribution in [2.75, 3.05) is 44.2 Å². The van der Waals surface area contributed by atoms with Crippen LogP contribution < -0.4 is 10.2 Å². The number of piperazine rings is 2. The van der Waals surface area contributed by atoms with Crippen LogP contribution in [0.15, 0.2) is 42.5 Å². The number of hydrogen-bond acceptors (Lipinski definition) is 5. The van der Waals surface area contributed by atoms with Gasteiger partial charge in [0.25, 0.3) is 0 Å². The average molecular weight is 426 g/mol. The SMILES string of the molecule is Cc1cccc(N2CCN(C(=O)CC3C(=O)NCCN3Cc3ccccc3F)CC2)n1. The molecule has 2 fully saturated rings. The molecule has 0 bridgehead atoms. The maximum atomic E-state index is 14.1. The van der Waals surface area contributed by atoms with Crippen molar-refractivity contribution in [1.29, 1.82) is 0 Å². The van der Waals surface area contributed by atoms with Gasteiger partial charge < -0.3 is 15.1 Å². The van der Waals surface area contributed by atoms with Crippen molar-refractivity contribution in [3.63, 3.8) is 0 Å². The number of nitrogens with one attached hydrogen (secondary N) is 1. The van der Waals surface area contributed by atoms with Gasteiger partial charge in [0, 0.05) is 57.1 Å². The Balaban J connectivity index is 1.37. The Kier molecular flexibility index (Phi) is 6.46. The zero-order chi connectivity index (χ0) is 21.8. The van der Waals surface area contributed by atoms with Crippen LogP contribution in [0, 0.1) is 12.7 Å². The van der Waals surface area contributed by atoms with Gasteiger partial charge in [-0.25, -0.2) is 9.37 Å². The molecule has 0 saturated carbocycles. The molecule has 2 aliphatic heterocycles. The molecule has 1 atom stereocenters. The fourth-order valence-corrected chi connectivity index (χ4v) is 4.20. The molecule has 0 aliphatic carbocycles. The van der Waals surface area contributed by atoms with Gasteiger partial charge in [-0.2, -0.15) is 0 Å². The Labute approximate surface area is 181 Å². The van der Waals surface area contributed by atoms with Crippen molar-refractivity contribution in [1.82, 2.24) is 20.1 Å². The van der Waals surface area contributed by atoms with E-state index in [2.05, 4.69) is 15.2 Å². The summed E-state index contributed by atoms with van der Waals surface area (Å²) in [5.74, 6) is 0.422. The third kappa shape index (κ3) is 5.02. The van der Waals surface area contributed by atoms with Gasteiger partial charge in [-0.05, 0) is 25.1 Å². The number of pyridine rings is 1. The summed E-state index contributed by atoms with van der Waals surface area (Å²) in [6.07, 6.45) is 0.100. The van der Waals surface area contributed by atoms with E-state index in [4.69, 9.17) is 0 Å². The molecule has 1 N–H and O–H groups in total. The molecule has 1 unspecified atom stereocenters. The summed E-state index contributed by atoms with van der Waals surface area (Å²) in [5, 5.41) is 2.84. The van der Waals surface area contributed by atoms with Crippen LogP contribution in [0.2, 0.25) is 0 Å². The Morgan fingerprint density at radius 3 is 2.61 bits per heavy atom. The quantitative estimate of drug-likeness (QED) is 0.788. The maximum Gasteiger partial charge on any atom is 0.237 e. The lowest BCUT2D eigenvalue weighted by atomic mass is 10.1. The van der Waals surface area contributed by atoms with E-state index in [1.165, 1.54) is 6.07 Å². The van der Waals surface area contributed by atoms with E-state index in [-0.39, 0.29) is 24.1 Å². The van der Waals surface area contributed by atoms with Crippen LogP contribution in [0.1, 0.15) is 17.7 Å². The van der Waals surface area contributed by atoms with Crippen LogP contribution in [0.25, 0.3) is 0 Å². The number of aryl methyl sites for hydroxylation is 1. The average Bonchev–Trinajstić information content (AvgIpc) is 2.77. The first-order chi connectivity index (χ1) is 15.0. The largest absolute Gasteiger partial charge is 0.353 e. The number of aromatic nitrogens is 1. The first kappa shape index (κ1) is 21.2. The highest BCUT2D eigenvalue weighted by atomic mass is 19.1. The zero-order valence-electron chi connectivity index (χ0n) is 17.8. The van der Waals surface area contributed by atoms with Crippen LogP contribution >= 0.6 is 0 Å². The summed E-state index contributed by atoms with van der Waals surface area (Å²) in [7, 11) is 0. The number of halogens is 1. The van der Waals surface area contributed by atoms with Crippen molar-refractivity contribution in [2.45, 2.75) is 25.9 Å². The van der Waals surface area contributed by atoms with Gasteiger partial charge in [0.2, 0.25) is 11.8 Å². The van der Waals surface area contributed by atoms with Gasteiger partial charge in [-0.3, -0.25) is 14.5 Å². The first-order valence-electron chi connectivity index (χ1n) is 10.7. The van der Waals surface area contributed by atoms with Gasteiger partial charge in [-0.1, -0.05) is 24.3 Å². The predicted octanol–water partition coefficient (Wildman–Crippen LogP) is 1.57. The van der Waals surface area contributed by atoms with Crippen LogP contribution in [0.3, 0.4) is 0 Å². The van der Waals surface area contributed by atoms with Crippen molar-refractivity contribution in [3.8, 4) is 0 Å². The van der Waals surface area contributed by atoms with E-state index in [1.54, 1.807) is 18.2 Å². The normalized spacial score (nSPS) is 19.9. The number of rotatable bonds is 5. The Morgan fingerprint density at radius 1 is 1.10 bits per heavy atom. The highest BCUT2D eigenvalue weighted by Crippen LogP contribution is 2.19. The summed E-state index contributed by atoms with van der Waals surface area (Å²) in [4.78, 5) is 36.0. The van der Waals surface area contributed by atoms with E-state index in [9.17, 15) is 14.0 Å². The number of benzene rings is 1. The molecule has 31 heavy (non-hydrogen) atoms. The second-order valence-corrected chi connectivity index (χ2v) is 8.08. The molecule has 8 heteroatoms. The van der Waals surface area contributed by atoms with E-state index < -0.39 is 6.04 Å². The molecular formula is C23H28FN5O2. The molecule has 0 spiro atoms. The first-order valence-corrected chi connectivity index (χ1v) is 10.7. The molecule has 2 aromatic rings. The van der Waals surface area contributed by atoms with Crippen molar-refractivity contribution in [2.24, 2.45) is 0 Å². The molecular weight excluding hydrogens is 397 g/mol. The third-order valence-corrected chi connectivity index (χ3v) is 5.97. The van der Waals surface area contributed by atoms with E-state index >= 15 is 0 Å². The number of carbonyl (C=O) groups excluding carboxylic acids is 2. The molecule has 7 nitrogen and oxygen atoms in total. The maximum absolute atomic E-state index is 14.1. The zero-order valence-corrected chi connectivity index (χ0v) is 17.8. The molecule has 2 aliphatic rings. The topological polar surface area (TPSA) is 68.8 Å². The predicted molar refractivity (Wildman–Crippen MR) is 116 cm³/mol. The molecule has 4 rings (SSSR count). The number of hydrogen-bond donors (Lipinski definition) is 1. The lowest BCUT2D eigenvalue weighted by Crippen LogP contribution is -2.57. The molecule has 164 valence electrons. The minimum atomic E-state index is -0.586. The second-order valence-electron chi connectivity index (χ2n) is 8.08. The minimum absolute atomic E-state index is 0.0440. The number of carbonyl (C=O) groups is 2. The summed E-state index contributed by atoms with van der Waals surface area (Å²) in [6, 6.07) is 11.9. The standard InChI is InChI=1S/C23H28FN5O2/c1-17-5-4-8-21(26-17)27-11-13-28(14-12-27)22(30)15-20-23(31)25-9-10-29(20)16-18-6-2-3-7-19(18)24/h2-8,20H,9-16H2,1H3,(H,25,31). The number of anilines is 1. The van der Waals surface area contributed by atoms with E-state index in [1.807, 2.05) is 34.9 Å². The fraction of sp³-hybridized carbons (Fsp3) is 0.435. The highest BCUT2D eigenvalue weighted by molar-refractivity contribution is 5.89. The van der Waals surface area contributed by atoms with Gasteiger partial charge >= 0.3 is 0 Å². The summed E-state index contributed by atoms with van der Waals surface area (Å²) in [6.45, 7) is 5.96. The summed E-state index contributed by atoms with van der Waals surface area (Å²) < 4.78 is 14.1. The monoisotopic (exact) mass is 425 g/mol. The minimum Gasteiger partial charge on any atom is -0.353 e. The van der Waals surface area contributed by atoms with Crippen molar-refractivity contribution >= 4 is 17.6 Å². The Morgan fingerprint density at radius 2 is 1.87 bits per heavy atom. The summed E-state index contributed by atoms with van der Waals surface area (Å²) in [5.41, 5.74) is 1.50. The third-order valence-electron chi connectivity index (χ3n) is 5.97. The summed E-state index contributed by atoms with van der Waals surface area (Å²) >= 11 is 0. The lowest BCUT2D eigenvalue weighted by molar-refractivity contribution is -0.139. The Hall–Kier alpha value is -3.00. The molecule has 1 aromatic heterocycles. The smallest absolute Gasteiger partial charge is 0.237 e. The van der Waals surface area contributed by atoms with E-state index in [0.717, 1.165) is 11.5 Å². The number of amides is 2.